The number of aliphatic hydroxyl groups excluding tert-OH is 1. The van der Waals surface area contributed by atoms with Crippen molar-refractivity contribution < 1.29 is 9.90 Å². The van der Waals surface area contributed by atoms with Crippen LogP contribution in [-0.4, -0.2) is 23.7 Å². The van der Waals surface area contributed by atoms with E-state index in [1.165, 1.54) is 0 Å². The van der Waals surface area contributed by atoms with Crippen LogP contribution < -0.4 is 11.1 Å². The molecule has 4 nitrogen and oxygen atoms in total. The Labute approximate surface area is 89.1 Å². The molecule has 1 amide bonds. The van der Waals surface area contributed by atoms with Crippen LogP contribution in [0.2, 0.25) is 0 Å². The fourth-order valence-corrected chi connectivity index (χ4v) is 1.19. The van der Waals surface area contributed by atoms with Gasteiger partial charge in [0.1, 0.15) is 6.04 Å². The van der Waals surface area contributed by atoms with Crippen LogP contribution in [0.25, 0.3) is 0 Å². The molecule has 0 fully saturated rings. The molecule has 1 aromatic rings. The third-order valence-corrected chi connectivity index (χ3v) is 2.10. The normalized spacial score (nSPS) is 14.3. The Balaban J connectivity index is 2.61. The summed E-state index contributed by atoms with van der Waals surface area (Å²) in [5.41, 5.74) is 6.51. The predicted molar refractivity (Wildman–Crippen MR) is 58.1 cm³/mol. The lowest BCUT2D eigenvalue weighted by Crippen LogP contribution is -2.40. The van der Waals surface area contributed by atoms with Crippen LogP contribution in [0, 0.1) is 0 Å². The van der Waals surface area contributed by atoms with Crippen LogP contribution in [0.5, 0.6) is 0 Å². The van der Waals surface area contributed by atoms with Gasteiger partial charge in [0.05, 0.1) is 6.61 Å². The maximum Gasteiger partial charge on any atom is 0.241 e. The minimum atomic E-state index is -0.680. The van der Waals surface area contributed by atoms with Crippen LogP contribution in [0.1, 0.15) is 18.5 Å². The van der Waals surface area contributed by atoms with E-state index in [0.29, 0.717) is 0 Å². The molecule has 1 rings (SSSR count). The monoisotopic (exact) mass is 208 g/mol. The topological polar surface area (TPSA) is 75.3 Å². The molecule has 4 N–H and O–H groups in total. The van der Waals surface area contributed by atoms with E-state index in [1.807, 2.05) is 18.2 Å². The summed E-state index contributed by atoms with van der Waals surface area (Å²) in [6, 6.07) is 8.18. The lowest BCUT2D eigenvalue weighted by Gasteiger charge is -2.15. The van der Waals surface area contributed by atoms with Gasteiger partial charge in [0, 0.05) is 6.04 Å². The van der Waals surface area contributed by atoms with Gasteiger partial charge in [-0.05, 0) is 12.5 Å². The van der Waals surface area contributed by atoms with Gasteiger partial charge in [-0.2, -0.15) is 0 Å². The lowest BCUT2D eigenvalue weighted by molar-refractivity contribution is -0.123. The smallest absolute Gasteiger partial charge is 0.241 e. The minimum absolute atomic E-state index is 0.0900. The summed E-state index contributed by atoms with van der Waals surface area (Å²) >= 11 is 0. The molecule has 0 aromatic heterocycles. The molecule has 0 saturated heterocycles. The lowest BCUT2D eigenvalue weighted by atomic mass is 10.1. The standard InChI is InChI=1S/C11H16N2O2/c1-8(7-14)13-11(15)10(12)9-5-3-2-4-6-9/h2-6,8,10,14H,7,12H2,1H3,(H,13,15). The van der Waals surface area contributed by atoms with Crippen molar-refractivity contribution >= 4 is 5.91 Å². The molecule has 15 heavy (non-hydrogen) atoms. The molecule has 1 aromatic carbocycles. The van der Waals surface area contributed by atoms with Gasteiger partial charge in [-0.25, -0.2) is 0 Å². The van der Waals surface area contributed by atoms with Crippen molar-refractivity contribution in [3.05, 3.63) is 35.9 Å². The van der Waals surface area contributed by atoms with Crippen molar-refractivity contribution in [2.75, 3.05) is 6.61 Å². The first-order chi connectivity index (χ1) is 7.15. The Kier molecular flexibility index (Phi) is 4.27. The molecular formula is C11H16N2O2. The van der Waals surface area contributed by atoms with Crippen molar-refractivity contribution in [1.29, 1.82) is 0 Å². The summed E-state index contributed by atoms with van der Waals surface area (Å²) in [4.78, 5) is 11.6. The summed E-state index contributed by atoms with van der Waals surface area (Å²) in [5, 5.41) is 11.4. The highest BCUT2D eigenvalue weighted by Gasteiger charge is 2.16. The molecule has 0 aliphatic heterocycles. The number of amides is 1. The fourth-order valence-electron chi connectivity index (χ4n) is 1.19. The second-order valence-electron chi connectivity index (χ2n) is 3.48. The van der Waals surface area contributed by atoms with E-state index in [-0.39, 0.29) is 18.6 Å². The number of rotatable bonds is 4. The summed E-state index contributed by atoms with van der Waals surface area (Å²) in [5.74, 6) is -0.275. The molecule has 0 aliphatic carbocycles. The van der Waals surface area contributed by atoms with Gasteiger partial charge in [0.15, 0.2) is 0 Å². The predicted octanol–water partition coefficient (Wildman–Crippen LogP) is 0.183. The highest BCUT2D eigenvalue weighted by atomic mass is 16.3. The van der Waals surface area contributed by atoms with E-state index < -0.39 is 6.04 Å². The Morgan fingerprint density at radius 2 is 2.07 bits per heavy atom. The number of nitrogens with two attached hydrogens (primary N) is 1. The zero-order chi connectivity index (χ0) is 11.3. The maximum atomic E-state index is 11.6. The highest BCUT2D eigenvalue weighted by molar-refractivity contribution is 5.83. The third kappa shape index (κ3) is 3.34. The molecule has 0 aliphatic rings. The Hall–Kier alpha value is -1.39. The largest absolute Gasteiger partial charge is 0.394 e. The van der Waals surface area contributed by atoms with Gasteiger partial charge in [0.25, 0.3) is 0 Å². The van der Waals surface area contributed by atoms with E-state index in [2.05, 4.69) is 5.32 Å². The number of aliphatic hydroxyl groups is 1. The highest BCUT2D eigenvalue weighted by Crippen LogP contribution is 2.09. The van der Waals surface area contributed by atoms with Gasteiger partial charge in [0.2, 0.25) is 5.91 Å². The molecule has 0 radical (unpaired) electrons. The van der Waals surface area contributed by atoms with Crippen molar-refractivity contribution in [2.45, 2.75) is 19.0 Å². The number of benzene rings is 1. The van der Waals surface area contributed by atoms with Crippen LogP contribution in [0.3, 0.4) is 0 Å². The van der Waals surface area contributed by atoms with E-state index in [4.69, 9.17) is 10.8 Å². The molecular weight excluding hydrogens is 192 g/mol. The Bertz CT molecular complexity index is 314. The number of carbonyl (C=O) groups is 1. The molecule has 2 unspecified atom stereocenters. The fraction of sp³-hybridized carbons (Fsp3) is 0.364. The van der Waals surface area contributed by atoms with Crippen LogP contribution in [0.4, 0.5) is 0 Å². The van der Waals surface area contributed by atoms with E-state index >= 15 is 0 Å². The minimum Gasteiger partial charge on any atom is -0.394 e. The molecule has 0 heterocycles. The second kappa shape index (κ2) is 5.48. The van der Waals surface area contributed by atoms with E-state index in [0.717, 1.165) is 5.56 Å². The van der Waals surface area contributed by atoms with Crippen molar-refractivity contribution in [1.82, 2.24) is 5.32 Å². The molecule has 0 saturated carbocycles. The van der Waals surface area contributed by atoms with Gasteiger partial charge >= 0.3 is 0 Å². The quantitative estimate of drug-likeness (QED) is 0.661. The number of carbonyl (C=O) groups excluding carboxylic acids is 1. The first kappa shape index (κ1) is 11.7. The van der Waals surface area contributed by atoms with Gasteiger partial charge in [-0.1, -0.05) is 30.3 Å². The van der Waals surface area contributed by atoms with Crippen LogP contribution >= 0.6 is 0 Å². The summed E-state index contributed by atoms with van der Waals surface area (Å²) < 4.78 is 0. The molecule has 2 atom stereocenters. The molecule has 0 bridgehead atoms. The average molecular weight is 208 g/mol. The Morgan fingerprint density at radius 3 is 2.60 bits per heavy atom. The maximum absolute atomic E-state index is 11.6. The number of hydrogen-bond donors (Lipinski definition) is 3. The number of nitrogens with one attached hydrogen (secondary N) is 1. The number of hydrogen-bond acceptors (Lipinski definition) is 3. The average Bonchev–Trinajstić information content (AvgIpc) is 2.29. The summed E-state index contributed by atoms with van der Waals surface area (Å²) in [6.45, 7) is 1.63. The zero-order valence-corrected chi connectivity index (χ0v) is 8.68. The Morgan fingerprint density at radius 1 is 1.47 bits per heavy atom. The van der Waals surface area contributed by atoms with Crippen LogP contribution in [0.15, 0.2) is 30.3 Å². The van der Waals surface area contributed by atoms with Crippen molar-refractivity contribution in [2.24, 2.45) is 5.73 Å². The summed E-state index contributed by atoms with van der Waals surface area (Å²) in [6.07, 6.45) is 0. The first-order valence-electron chi connectivity index (χ1n) is 4.87. The second-order valence-corrected chi connectivity index (χ2v) is 3.48. The summed E-state index contributed by atoms with van der Waals surface area (Å²) in [7, 11) is 0. The van der Waals surface area contributed by atoms with E-state index in [9.17, 15) is 4.79 Å². The van der Waals surface area contributed by atoms with Gasteiger partial charge in [-0.3, -0.25) is 4.79 Å². The van der Waals surface area contributed by atoms with Crippen molar-refractivity contribution in [3.63, 3.8) is 0 Å². The zero-order valence-electron chi connectivity index (χ0n) is 8.68. The molecule has 82 valence electrons. The van der Waals surface area contributed by atoms with Crippen molar-refractivity contribution in [3.8, 4) is 0 Å². The SMILES string of the molecule is CC(CO)NC(=O)C(N)c1ccccc1. The van der Waals surface area contributed by atoms with Crippen LogP contribution in [-0.2, 0) is 4.79 Å². The van der Waals surface area contributed by atoms with E-state index in [1.54, 1.807) is 19.1 Å². The third-order valence-electron chi connectivity index (χ3n) is 2.10. The first-order valence-corrected chi connectivity index (χ1v) is 4.87. The van der Waals surface area contributed by atoms with Gasteiger partial charge < -0.3 is 16.2 Å². The molecule has 0 spiro atoms. The van der Waals surface area contributed by atoms with Gasteiger partial charge in [-0.15, -0.1) is 0 Å². The molecule has 4 heteroatoms.